The van der Waals surface area contributed by atoms with Gasteiger partial charge < -0.3 is 10.2 Å². The Kier molecular flexibility index (Phi) is 6.10. The topological polar surface area (TPSA) is 15.3 Å². The molecule has 106 valence electrons. The molecule has 0 atom stereocenters. The van der Waals surface area contributed by atoms with Gasteiger partial charge in [-0.05, 0) is 23.6 Å². The van der Waals surface area contributed by atoms with E-state index in [-0.39, 0.29) is 0 Å². The molecule has 0 radical (unpaired) electrons. The molecule has 19 heavy (non-hydrogen) atoms. The molecule has 0 spiro atoms. The number of benzene rings is 1. The zero-order chi connectivity index (χ0) is 14.4. The van der Waals surface area contributed by atoms with Crippen molar-refractivity contribution in [1.82, 2.24) is 5.32 Å². The summed E-state index contributed by atoms with van der Waals surface area (Å²) in [7, 11) is 4.13. The summed E-state index contributed by atoms with van der Waals surface area (Å²) in [5.74, 6) is 0.569. The quantitative estimate of drug-likeness (QED) is 0.837. The van der Waals surface area contributed by atoms with Gasteiger partial charge in [0.05, 0.1) is 0 Å². The second-order valence-electron chi connectivity index (χ2n) is 5.90. The van der Waals surface area contributed by atoms with E-state index in [4.69, 9.17) is 0 Å². The summed E-state index contributed by atoms with van der Waals surface area (Å²) in [5, 5.41) is 3.50. The SMILES string of the molecule is CC(C)NCC(=Cc1ccc(N(C)C)cc1)C(C)C. The van der Waals surface area contributed by atoms with Crippen molar-refractivity contribution in [3.8, 4) is 0 Å². The summed E-state index contributed by atoms with van der Waals surface area (Å²) in [6.07, 6.45) is 2.31. The van der Waals surface area contributed by atoms with Crippen LogP contribution in [0.25, 0.3) is 6.08 Å². The van der Waals surface area contributed by atoms with Gasteiger partial charge in [-0.2, -0.15) is 0 Å². The second-order valence-corrected chi connectivity index (χ2v) is 5.90. The lowest BCUT2D eigenvalue weighted by Crippen LogP contribution is -2.26. The summed E-state index contributed by atoms with van der Waals surface area (Å²) < 4.78 is 0. The third-order valence-electron chi connectivity index (χ3n) is 3.22. The van der Waals surface area contributed by atoms with Crippen LogP contribution in [0.1, 0.15) is 33.3 Å². The minimum Gasteiger partial charge on any atom is -0.378 e. The smallest absolute Gasteiger partial charge is 0.0361 e. The molecule has 0 heterocycles. The lowest BCUT2D eigenvalue weighted by Gasteiger charge is -2.16. The summed E-state index contributed by atoms with van der Waals surface area (Å²) in [4.78, 5) is 2.12. The molecule has 0 saturated heterocycles. The Hall–Kier alpha value is -1.28. The van der Waals surface area contributed by atoms with Gasteiger partial charge in [-0.1, -0.05) is 51.5 Å². The van der Waals surface area contributed by atoms with Crippen LogP contribution < -0.4 is 10.2 Å². The van der Waals surface area contributed by atoms with Crippen LogP contribution in [0.3, 0.4) is 0 Å². The minimum absolute atomic E-state index is 0.526. The van der Waals surface area contributed by atoms with E-state index in [1.165, 1.54) is 16.8 Å². The van der Waals surface area contributed by atoms with E-state index in [0.29, 0.717) is 12.0 Å². The van der Waals surface area contributed by atoms with Gasteiger partial charge in [0.2, 0.25) is 0 Å². The molecule has 1 aromatic rings. The summed E-state index contributed by atoms with van der Waals surface area (Å²) in [6.45, 7) is 9.84. The molecule has 0 aliphatic rings. The Morgan fingerprint density at radius 3 is 2.11 bits per heavy atom. The van der Waals surface area contributed by atoms with Crippen molar-refractivity contribution in [2.24, 2.45) is 5.92 Å². The maximum Gasteiger partial charge on any atom is 0.0361 e. The van der Waals surface area contributed by atoms with Crippen molar-refractivity contribution < 1.29 is 0 Å². The fraction of sp³-hybridized carbons (Fsp3) is 0.529. The Labute approximate surface area is 118 Å². The fourth-order valence-electron chi connectivity index (χ4n) is 1.83. The lowest BCUT2D eigenvalue weighted by atomic mass is 10.00. The van der Waals surface area contributed by atoms with Crippen molar-refractivity contribution >= 4 is 11.8 Å². The van der Waals surface area contributed by atoms with E-state index < -0.39 is 0 Å². The zero-order valence-electron chi connectivity index (χ0n) is 13.2. The molecule has 1 aromatic carbocycles. The van der Waals surface area contributed by atoms with Crippen molar-refractivity contribution in [2.45, 2.75) is 33.7 Å². The first-order chi connectivity index (χ1) is 8.90. The number of anilines is 1. The largest absolute Gasteiger partial charge is 0.378 e. The maximum atomic E-state index is 3.50. The standard InChI is InChI=1S/C17H28N2/c1-13(2)16(12-18-14(3)4)11-15-7-9-17(10-8-15)19(5)6/h7-11,13-14,18H,12H2,1-6H3. The zero-order valence-corrected chi connectivity index (χ0v) is 13.2. The van der Waals surface area contributed by atoms with Gasteiger partial charge in [0.1, 0.15) is 0 Å². The minimum atomic E-state index is 0.526. The van der Waals surface area contributed by atoms with Crippen LogP contribution in [0.4, 0.5) is 5.69 Å². The molecule has 1 rings (SSSR count). The van der Waals surface area contributed by atoms with Crippen molar-refractivity contribution in [3.05, 3.63) is 35.4 Å². The molecule has 0 bridgehead atoms. The first-order valence-corrected chi connectivity index (χ1v) is 7.11. The highest BCUT2D eigenvalue weighted by molar-refractivity contribution is 5.58. The van der Waals surface area contributed by atoms with Crippen LogP contribution in [0.2, 0.25) is 0 Å². The lowest BCUT2D eigenvalue weighted by molar-refractivity contribution is 0.593. The maximum absolute atomic E-state index is 3.50. The Bertz CT molecular complexity index is 400. The van der Waals surface area contributed by atoms with Crippen LogP contribution in [-0.4, -0.2) is 26.7 Å². The molecule has 0 amide bonds. The third kappa shape index (κ3) is 5.48. The normalized spacial score (nSPS) is 12.3. The first kappa shape index (κ1) is 15.8. The van der Waals surface area contributed by atoms with Crippen LogP contribution in [0.15, 0.2) is 29.8 Å². The molecule has 0 aliphatic carbocycles. The predicted molar refractivity (Wildman–Crippen MR) is 86.7 cm³/mol. The van der Waals surface area contributed by atoms with Crippen LogP contribution in [-0.2, 0) is 0 Å². The van der Waals surface area contributed by atoms with E-state index in [9.17, 15) is 0 Å². The molecular formula is C17H28N2. The van der Waals surface area contributed by atoms with Crippen LogP contribution in [0.5, 0.6) is 0 Å². The van der Waals surface area contributed by atoms with Gasteiger partial charge in [-0.25, -0.2) is 0 Å². The molecule has 1 N–H and O–H groups in total. The third-order valence-corrected chi connectivity index (χ3v) is 3.22. The van der Waals surface area contributed by atoms with Gasteiger partial charge in [0.15, 0.2) is 0 Å². The number of hydrogen-bond donors (Lipinski definition) is 1. The van der Waals surface area contributed by atoms with Gasteiger partial charge in [-0.15, -0.1) is 0 Å². The molecular weight excluding hydrogens is 232 g/mol. The van der Waals surface area contributed by atoms with Crippen LogP contribution >= 0.6 is 0 Å². The summed E-state index contributed by atoms with van der Waals surface area (Å²) >= 11 is 0. The van der Waals surface area contributed by atoms with Crippen LogP contribution in [0, 0.1) is 5.92 Å². The number of rotatable bonds is 6. The average molecular weight is 260 g/mol. The van der Waals surface area contributed by atoms with Gasteiger partial charge >= 0.3 is 0 Å². The van der Waals surface area contributed by atoms with E-state index in [1.54, 1.807) is 0 Å². The van der Waals surface area contributed by atoms with Crippen molar-refractivity contribution in [3.63, 3.8) is 0 Å². The number of nitrogens with one attached hydrogen (secondary N) is 1. The molecule has 0 aromatic heterocycles. The number of nitrogens with zero attached hydrogens (tertiary/aromatic N) is 1. The summed E-state index contributed by atoms with van der Waals surface area (Å²) in [6, 6.07) is 9.23. The van der Waals surface area contributed by atoms with Gasteiger partial charge in [0.25, 0.3) is 0 Å². The Morgan fingerprint density at radius 1 is 1.11 bits per heavy atom. The summed E-state index contributed by atoms with van der Waals surface area (Å²) in [5.41, 5.74) is 3.97. The van der Waals surface area contributed by atoms with E-state index in [1.807, 2.05) is 0 Å². The highest BCUT2D eigenvalue weighted by Crippen LogP contribution is 2.17. The van der Waals surface area contributed by atoms with E-state index in [0.717, 1.165) is 6.54 Å². The molecule has 0 unspecified atom stereocenters. The highest BCUT2D eigenvalue weighted by atomic mass is 15.1. The molecule has 0 saturated carbocycles. The average Bonchev–Trinajstić information content (AvgIpc) is 2.34. The van der Waals surface area contributed by atoms with Crippen molar-refractivity contribution in [1.29, 1.82) is 0 Å². The first-order valence-electron chi connectivity index (χ1n) is 7.11. The monoisotopic (exact) mass is 260 g/mol. The second kappa shape index (κ2) is 7.34. The fourth-order valence-corrected chi connectivity index (χ4v) is 1.83. The van der Waals surface area contributed by atoms with Crippen molar-refractivity contribution in [2.75, 3.05) is 25.5 Å². The Morgan fingerprint density at radius 2 is 1.68 bits per heavy atom. The molecule has 2 nitrogen and oxygen atoms in total. The number of hydrogen-bond acceptors (Lipinski definition) is 2. The Balaban J connectivity index is 2.83. The van der Waals surface area contributed by atoms with E-state index in [2.05, 4.69) is 82.3 Å². The molecule has 0 fully saturated rings. The van der Waals surface area contributed by atoms with Gasteiger partial charge in [-0.3, -0.25) is 0 Å². The van der Waals surface area contributed by atoms with E-state index >= 15 is 0 Å². The van der Waals surface area contributed by atoms with Gasteiger partial charge in [0, 0.05) is 32.4 Å². The molecule has 0 aliphatic heterocycles. The molecule has 2 heteroatoms. The highest BCUT2D eigenvalue weighted by Gasteiger charge is 2.04. The predicted octanol–water partition coefficient (Wildman–Crippen LogP) is 3.79.